The third-order valence-corrected chi connectivity index (χ3v) is 7.89. The second-order valence-corrected chi connectivity index (χ2v) is 9.96. The molecule has 1 saturated heterocycles. The highest BCUT2D eigenvalue weighted by Crippen LogP contribution is 2.34. The van der Waals surface area contributed by atoms with Crippen LogP contribution in [-0.2, 0) is 10.0 Å². The highest BCUT2D eigenvalue weighted by molar-refractivity contribution is 7.90. The summed E-state index contributed by atoms with van der Waals surface area (Å²) in [7, 11) is -3.97. The summed E-state index contributed by atoms with van der Waals surface area (Å²) in [5.74, 6) is 0. The van der Waals surface area contributed by atoms with E-state index in [-0.39, 0.29) is 15.7 Å². The van der Waals surface area contributed by atoms with E-state index in [1.165, 1.54) is 27.3 Å². The van der Waals surface area contributed by atoms with E-state index >= 15 is 0 Å². The summed E-state index contributed by atoms with van der Waals surface area (Å²) < 4.78 is 28.4. The number of aromatic nitrogens is 3. The lowest BCUT2D eigenvalue weighted by molar-refractivity contribution is 0.142. The molecule has 3 heterocycles. The molecule has 4 aromatic rings. The minimum absolute atomic E-state index is 0.136. The number of carboxylic acid groups (broad SMARTS) is 1. The Hall–Kier alpha value is -3.63. The van der Waals surface area contributed by atoms with Crippen LogP contribution in [0.4, 0.5) is 10.5 Å². The smallest absolute Gasteiger partial charge is 0.407 e. The van der Waals surface area contributed by atoms with Gasteiger partial charge in [0.25, 0.3) is 10.0 Å². The van der Waals surface area contributed by atoms with E-state index in [0.717, 1.165) is 5.69 Å². The molecule has 0 radical (unpaired) electrons. The van der Waals surface area contributed by atoms with Crippen LogP contribution in [0.2, 0.25) is 5.15 Å². The molecule has 1 amide bonds. The lowest BCUT2D eigenvalue weighted by Crippen LogP contribution is -2.48. The van der Waals surface area contributed by atoms with Crippen LogP contribution in [-0.4, -0.2) is 64.6 Å². The molecule has 1 fully saturated rings. The number of hydrogen-bond donors (Lipinski definition) is 1. The summed E-state index contributed by atoms with van der Waals surface area (Å²) >= 11 is 6.28. The Morgan fingerprint density at radius 1 is 0.941 bits per heavy atom. The molecule has 9 nitrogen and oxygen atoms in total. The van der Waals surface area contributed by atoms with Crippen LogP contribution in [0.3, 0.4) is 0 Å². The summed E-state index contributed by atoms with van der Waals surface area (Å²) in [5.41, 5.74) is 2.22. The maximum absolute atomic E-state index is 13.6. The molecule has 0 atom stereocenters. The second kappa shape index (κ2) is 8.62. The van der Waals surface area contributed by atoms with Gasteiger partial charge in [0.05, 0.1) is 16.0 Å². The van der Waals surface area contributed by atoms with Crippen molar-refractivity contribution in [2.75, 3.05) is 31.1 Å². The second-order valence-electron chi connectivity index (χ2n) is 7.82. The lowest BCUT2D eigenvalue weighted by Gasteiger charge is -2.34. The van der Waals surface area contributed by atoms with E-state index < -0.39 is 16.1 Å². The number of amides is 1. The molecule has 0 spiro atoms. The molecular formula is C23H20ClN5O4S. The zero-order valence-corrected chi connectivity index (χ0v) is 19.4. The quantitative estimate of drug-likeness (QED) is 0.427. The van der Waals surface area contributed by atoms with E-state index in [4.69, 9.17) is 16.7 Å². The van der Waals surface area contributed by atoms with Crippen LogP contribution in [0, 0.1) is 0 Å². The summed E-state index contributed by atoms with van der Waals surface area (Å²) in [6.07, 6.45) is 0.329. The van der Waals surface area contributed by atoms with Crippen molar-refractivity contribution in [1.29, 1.82) is 0 Å². The molecule has 34 heavy (non-hydrogen) atoms. The van der Waals surface area contributed by atoms with Gasteiger partial charge < -0.3 is 14.9 Å². The third kappa shape index (κ3) is 3.84. The number of fused-ring (bicyclic) bond motifs is 1. The molecule has 1 aliphatic rings. The number of anilines is 1. The van der Waals surface area contributed by atoms with E-state index in [9.17, 15) is 13.2 Å². The molecule has 2 aromatic carbocycles. The van der Waals surface area contributed by atoms with Crippen LogP contribution < -0.4 is 4.90 Å². The summed E-state index contributed by atoms with van der Waals surface area (Å²) in [6.45, 7) is 2.02. The molecule has 5 rings (SSSR count). The van der Waals surface area contributed by atoms with Crippen molar-refractivity contribution in [2.45, 2.75) is 4.90 Å². The van der Waals surface area contributed by atoms with Crippen LogP contribution in [0.15, 0.2) is 71.9 Å². The van der Waals surface area contributed by atoms with Gasteiger partial charge in [-0.2, -0.15) is 0 Å². The van der Waals surface area contributed by atoms with Gasteiger partial charge in [0.2, 0.25) is 0 Å². The van der Waals surface area contributed by atoms with Crippen LogP contribution in [0.5, 0.6) is 0 Å². The summed E-state index contributed by atoms with van der Waals surface area (Å²) in [4.78, 5) is 23.0. The molecule has 0 saturated carbocycles. The van der Waals surface area contributed by atoms with Crippen molar-refractivity contribution in [3.63, 3.8) is 0 Å². The zero-order chi connectivity index (χ0) is 23.9. The molecule has 1 N–H and O–H groups in total. The van der Waals surface area contributed by atoms with Crippen LogP contribution in [0.1, 0.15) is 0 Å². The highest BCUT2D eigenvalue weighted by atomic mass is 35.5. The largest absolute Gasteiger partial charge is 0.465 e. The maximum atomic E-state index is 13.6. The molecule has 174 valence electrons. The predicted octanol–water partition coefficient (Wildman–Crippen LogP) is 3.79. The first-order valence-corrected chi connectivity index (χ1v) is 12.3. The Morgan fingerprint density at radius 2 is 1.62 bits per heavy atom. The van der Waals surface area contributed by atoms with Gasteiger partial charge in [0, 0.05) is 31.9 Å². The Kier molecular flexibility index (Phi) is 5.62. The molecule has 2 aromatic heterocycles. The lowest BCUT2D eigenvalue weighted by atomic mass is 10.1. The first-order chi connectivity index (χ1) is 16.4. The van der Waals surface area contributed by atoms with Crippen LogP contribution >= 0.6 is 11.6 Å². The fraction of sp³-hybridized carbons (Fsp3) is 0.174. The number of piperazine rings is 1. The molecule has 0 aliphatic carbocycles. The number of nitrogens with zero attached hydrogens (tertiary/aromatic N) is 5. The van der Waals surface area contributed by atoms with Crippen molar-refractivity contribution in [3.05, 3.63) is 72.1 Å². The number of benzene rings is 2. The Morgan fingerprint density at radius 3 is 2.26 bits per heavy atom. The summed E-state index contributed by atoms with van der Waals surface area (Å²) in [5, 5.41) is 9.75. The average molecular weight is 498 g/mol. The van der Waals surface area contributed by atoms with Gasteiger partial charge in [0.1, 0.15) is 11.5 Å². The third-order valence-electron chi connectivity index (χ3n) is 5.87. The number of rotatable bonds is 4. The van der Waals surface area contributed by atoms with Gasteiger partial charge in [-0.25, -0.2) is 27.2 Å². The van der Waals surface area contributed by atoms with Crippen LogP contribution in [0.25, 0.3) is 22.3 Å². The van der Waals surface area contributed by atoms with Crippen molar-refractivity contribution < 1.29 is 18.3 Å². The van der Waals surface area contributed by atoms with Gasteiger partial charge in [0.15, 0.2) is 5.65 Å². The molecule has 11 heteroatoms. The Balaban J connectivity index is 1.56. The van der Waals surface area contributed by atoms with Gasteiger partial charge in [-0.1, -0.05) is 41.9 Å². The first-order valence-electron chi connectivity index (χ1n) is 10.5. The molecule has 0 bridgehead atoms. The predicted molar refractivity (Wildman–Crippen MR) is 129 cm³/mol. The van der Waals surface area contributed by atoms with E-state index in [1.807, 2.05) is 24.3 Å². The van der Waals surface area contributed by atoms with Crippen molar-refractivity contribution in [2.24, 2.45) is 0 Å². The molecule has 0 unspecified atom stereocenters. The minimum atomic E-state index is -3.97. The first kappa shape index (κ1) is 22.2. The number of hydrogen-bond acceptors (Lipinski definition) is 6. The van der Waals surface area contributed by atoms with Crippen molar-refractivity contribution in [1.82, 2.24) is 18.8 Å². The summed E-state index contributed by atoms with van der Waals surface area (Å²) in [6, 6.07) is 17.3. The van der Waals surface area contributed by atoms with Gasteiger partial charge in [-0.3, -0.25) is 0 Å². The fourth-order valence-electron chi connectivity index (χ4n) is 4.10. The topological polar surface area (TPSA) is 109 Å². The van der Waals surface area contributed by atoms with Gasteiger partial charge >= 0.3 is 6.09 Å². The number of halogens is 1. The highest BCUT2D eigenvalue weighted by Gasteiger charge is 2.26. The molecule has 1 aliphatic heterocycles. The SMILES string of the molecule is O=C(O)N1CCN(c2ccc(-c3cc4c(Cl)ncnc4n3S(=O)(=O)c3ccccc3)cc2)CC1. The molecular weight excluding hydrogens is 478 g/mol. The number of carbonyl (C=O) groups is 1. The standard InChI is InChI=1S/C23H20ClN5O4S/c24-21-19-14-20(16-6-8-17(9-7-16)27-10-12-28(13-11-27)23(30)31)29(22(19)26-15-25-21)34(32,33)18-4-2-1-3-5-18/h1-9,14-15H,10-13H2,(H,30,31). The maximum Gasteiger partial charge on any atom is 0.407 e. The minimum Gasteiger partial charge on any atom is -0.465 e. The Bertz CT molecular complexity index is 1460. The fourth-order valence-corrected chi connectivity index (χ4v) is 5.79. The zero-order valence-electron chi connectivity index (χ0n) is 17.9. The normalized spacial score (nSPS) is 14.5. The van der Waals surface area contributed by atoms with Gasteiger partial charge in [-0.05, 0) is 35.9 Å². The van der Waals surface area contributed by atoms with Crippen molar-refractivity contribution >= 4 is 44.4 Å². The average Bonchev–Trinajstić information content (AvgIpc) is 3.27. The van der Waals surface area contributed by atoms with E-state index in [2.05, 4.69) is 14.9 Å². The van der Waals surface area contributed by atoms with Gasteiger partial charge in [-0.15, -0.1) is 0 Å². The Labute approximate surface area is 200 Å². The van der Waals surface area contributed by atoms with Crippen molar-refractivity contribution in [3.8, 4) is 11.3 Å². The van der Waals surface area contributed by atoms with E-state index in [1.54, 1.807) is 24.3 Å². The monoisotopic (exact) mass is 497 g/mol. The van der Waals surface area contributed by atoms with E-state index in [0.29, 0.717) is 42.8 Å².